The number of urea groups is 1. The highest BCUT2D eigenvalue weighted by Crippen LogP contribution is 2.23. The van der Waals surface area contributed by atoms with Gasteiger partial charge in [0.05, 0.1) is 5.02 Å². The number of amides is 2. The van der Waals surface area contributed by atoms with Gasteiger partial charge in [-0.05, 0) is 48.9 Å². The molecule has 0 atom stereocenters. The van der Waals surface area contributed by atoms with Crippen molar-refractivity contribution in [3.63, 3.8) is 0 Å². The number of rotatable bonds is 3. The zero-order valence-corrected chi connectivity index (χ0v) is 14.1. The van der Waals surface area contributed by atoms with Gasteiger partial charge in [-0.2, -0.15) is 0 Å². The molecule has 0 saturated carbocycles. The minimum atomic E-state index is -0.489. The van der Waals surface area contributed by atoms with Crippen LogP contribution in [-0.2, 0) is 6.42 Å². The van der Waals surface area contributed by atoms with Crippen molar-refractivity contribution in [1.29, 1.82) is 0 Å². The number of carbonyl (C=O) groups is 1. The fourth-order valence-corrected chi connectivity index (χ4v) is 3.24. The van der Waals surface area contributed by atoms with Gasteiger partial charge in [-0.15, -0.1) is 0 Å². The molecule has 1 heterocycles. The third-order valence-corrected chi connectivity index (χ3v) is 4.73. The van der Waals surface area contributed by atoms with Gasteiger partial charge in [0.25, 0.3) is 0 Å². The molecule has 1 aliphatic rings. The summed E-state index contributed by atoms with van der Waals surface area (Å²) in [6.07, 6.45) is 3.04. The standard InChI is InChI=1S/C19H20ClFN2O/c20-17-13-16(6-7-18(17)21)22-19(24)23-10-8-15(9-11-23)12-14-4-2-1-3-5-14/h1-7,13,15H,8-12H2,(H,22,24). The maximum absolute atomic E-state index is 13.2. The molecule has 2 aromatic carbocycles. The molecule has 1 N–H and O–H groups in total. The van der Waals surface area contributed by atoms with E-state index in [0.29, 0.717) is 11.6 Å². The number of benzene rings is 2. The quantitative estimate of drug-likeness (QED) is 0.836. The highest BCUT2D eigenvalue weighted by atomic mass is 35.5. The summed E-state index contributed by atoms with van der Waals surface area (Å²) in [5.74, 6) is 0.119. The van der Waals surface area contributed by atoms with Crippen molar-refractivity contribution in [3.8, 4) is 0 Å². The molecule has 0 spiro atoms. The maximum atomic E-state index is 13.2. The molecule has 1 fully saturated rings. The van der Waals surface area contributed by atoms with E-state index in [0.717, 1.165) is 32.4 Å². The first kappa shape index (κ1) is 16.8. The highest BCUT2D eigenvalue weighted by Gasteiger charge is 2.23. The number of nitrogens with one attached hydrogen (secondary N) is 1. The minimum absolute atomic E-state index is 0.00868. The van der Waals surface area contributed by atoms with Crippen molar-refractivity contribution in [3.05, 3.63) is 64.9 Å². The van der Waals surface area contributed by atoms with E-state index in [4.69, 9.17) is 11.6 Å². The Kier molecular flexibility index (Phi) is 5.36. The van der Waals surface area contributed by atoms with Crippen LogP contribution in [0.15, 0.2) is 48.5 Å². The minimum Gasteiger partial charge on any atom is -0.325 e. The zero-order chi connectivity index (χ0) is 16.9. The SMILES string of the molecule is O=C(Nc1ccc(F)c(Cl)c1)N1CCC(Cc2ccccc2)CC1. The monoisotopic (exact) mass is 346 g/mol. The Morgan fingerprint density at radius 1 is 1.17 bits per heavy atom. The van der Waals surface area contributed by atoms with Crippen LogP contribution in [0.5, 0.6) is 0 Å². The van der Waals surface area contributed by atoms with Crippen molar-refractivity contribution >= 4 is 23.3 Å². The van der Waals surface area contributed by atoms with E-state index in [-0.39, 0.29) is 11.1 Å². The predicted molar refractivity (Wildman–Crippen MR) is 94.9 cm³/mol. The van der Waals surface area contributed by atoms with Crippen LogP contribution in [0.2, 0.25) is 5.02 Å². The van der Waals surface area contributed by atoms with Gasteiger partial charge in [0.2, 0.25) is 0 Å². The van der Waals surface area contributed by atoms with Gasteiger partial charge in [-0.3, -0.25) is 0 Å². The first-order valence-electron chi connectivity index (χ1n) is 8.17. The van der Waals surface area contributed by atoms with Crippen LogP contribution >= 0.6 is 11.6 Å². The summed E-state index contributed by atoms with van der Waals surface area (Å²) in [6.45, 7) is 1.47. The molecule has 0 bridgehead atoms. The summed E-state index contributed by atoms with van der Waals surface area (Å²) in [5, 5.41) is 2.79. The van der Waals surface area contributed by atoms with Crippen LogP contribution < -0.4 is 5.32 Å². The lowest BCUT2D eigenvalue weighted by Gasteiger charge is -2.32. The number of halogens is 2. The van der Waals surface area contributed by atoms with E-state index in [1.807, 2.05) is 6.07 Å². The molecule has 5 heteroatoms. The van der Waals surface area contributed by atoms with Gasteiger partial charge in [-0.1, -0.05) is 41.9 Å². The number of anilines is 1. The number of nitrogens with zero attached hydrogens (tertiary/aromatic N) is 1. The molecular weight excluding hydrogens is 327 g/mol. The number of likely N-dealkylation sites (tertiary alicyclic amines) is 1. The van der Waals surface area contributed by atoms with E-state index >= 15 is 0 Å². The number of piperidine rings is 1. The smallest absolute Gasteiger partial charge is 0.321 e. The number of hydrogen-bond donors (Lipinski definition) is 1. The van der Waals surface area contributed by atoms with Gasteiger partial charge >= 0.3 is 6.03 Å². The lowest BCUT2D eigenvalue weighted by atomic mass is 9.90. The van der Waals surface area contributed by atoms with Crippen LogP contribution in [0.1, 0.15) is 18.4 Å². The molecule has 126 valence electrons. The Morgan fingerprint density at radius 2 is 1.88 bits per heavy atom. The maximum Gasteiger partial charge on any atom is 0.321 e. The number of carbonyl (C=O) groups excluding carboxylic acids is 1. The van der Waals surface area contributed by atoms with Crippen molar-refractivity contribution in [2.24, 2.45) is 5.92 Å². The van der Waals surface area contributed by atoms with E-state index in [1.54, 1.807) is 4.90 Å². The first-order chi connectivity index (χ1) is 11.6. The highest BCUT2D eigenvalue weighted by molar-refractivity contribution is 6.31. The van der Waals surface area contributed by atoms with Gasteiger partial charge in [0.15, 0.2) is 0 Å². The predicted octanol–water partition coefficient (Wildman–Crippen LogP) is 4.97. The summed E-state index contributed by atoms with van der Waals surface area (Å²) >= 11 is 5.74. The molecular formula is C19H20ClFN2O. The van der Waals surface area contributed by atoms with Crippen LogP contribution in [0.3, 0.4) is 0 Å². The Bertz CT molecular complexity index is 700. The normalized spacial score (nSPS) is 15.3. The lowest BCUT2D eigenvalue weighted by molar-refractivity contribution is 0.182. The third-order valence-electron chi connectivity index (χ3n) is 4.44. The van der Waals surface area contributed by atoms with E-state index in [1.165, 1.54) is 23.8 Å². The fraction of sp³-hybridized carbons (Fsp3) is 0.316. The summed E-state index contributed by atoms with van der Waals surface area (Å²) in [5.41, 5.74) is 1.86. The Balaban J connectivity index is 1.50. The molecule has 1 saturated heterocycles. The molecule has 2 amide bonds. The van der Waals surface area contributed by atoms with Gasteiger partial charge in [-0.25, -0.2) is 9.18 Å². The second-order valence-electron chi connectivity index (χ2n) is 6.18. The van der Waals surface area contributed by atoms with E-state index < -0.39 is 5.82 Å². The van der Waals surface area contributed by atoms with E-state index in [9.17, 15) is 9.18 Å². The molecule has 24 heavy (non-hydrogen) atoms. The molecule has 3 rings (SSSR count). The molecule has 0 radical (unpaired) electrons. The first-order valence-corrected chi connectivity index (χ1v) is 8.54. The summed E-state index contributed by atoms with van der Waals surface area (Å²) < 4.78 is 13.2. The number of hydrogen-bond acceptors (Lipinski definition) is 1. The second-order valence-corrected chi connectivity index (χ2v) is 6.59. The molecule has 3 nitrogen and oxygen atoms in total. The van der Waals surface area contributed by atoms with Gasteiger partial charge in [0, 0.05) is 18.8 Å². The average molecular weight is 347 g/mol. The Hall–Kier alpha value is -2.07. The van der Waals surface area contributed by atoms with Crippen molar-refractivity contribution < 1.29 is 9.18 Å². The van der Waals surface area contributed by atoms with Gasteiger partial charge < -0.3 is 10.2 Å². The Morgan fingerprint density at radius 3 is 2.54 bits per heavy atom. The summed E-state index contributed by atoms with van der Waals surface area (Å²) in [6, 6.07) is 14.5. The van der Waals surface area contributed by atoms with Gasteiger partial charge in [0.1, 0.15) is 5.82 Å². The summed E-state index contributed by atoms with van der Waals surface area (Å²) in [4.78, 5) is 14.1. The van der Waals surface area contributed by atoms with Crippen LogP contribution in [-0.4, -0.2) is 24.0 Å². The molecule has 0 aromatic heterocycles. The second kappa shape index (κ2) is 7.67. The van der Waals surface area contributed by atoms with Crippen LogP contribution in [0.4, 0.5) is 14.9 Å². The third kappa shape index (κ3) is 4.26. The molecule has 0 aliphatic carbocycles. The zero-order valence-electron chi connectivity index (χ0n) is 13.3. The topological polar surface area (TPSA) is 32.3 Å². The summed E-state index contributed by atoms with van der Waals surface area (Å²) in [7, 11) is 0. The molecule has 0 unspecified atom stereocenters. The Labute approximate surface area is 146 Å². The van der Waals surface area contributed by atoms with Crippen LogP contribution in [0, 0.1) is 11.7 Å². The average Bonchev–Trinajstić information content (AvgIpc) is 2.60. The van der Waals surface area contributed by atoms with Crippen molar-refractivity contribution in [1.82, 2.24) is 4.90 Å². The molecule has 1 aliphatic heterocycles. The van der Waals surface area contributed by atoms with Crippen molar-refractivity contribution in [2.45, 2.75) is 19.3 Å². The largest absolute Gasteiger partial charge is 0.325 e. The molecule has 2 aromatic rings. The van der Waals surface area contributed by atoms with Crippen molar-refractivity contribution in [2.75, 3.05) is 18.4 Å². The fourth-order valence-electron chi connectivity index (χ4n) is 3.06. The lowest BCUT2D eigenvalue weighted by Crippen LogP contribution is -2.41. The van der Waals surface area contributed by atoms with E-state index in [2.05, 4.69) is 29.6 Å². The van der Waals surface area contributed by atoms with Crippen LogP contribution in [0.25, 0.3) is 0 Å².